The summed E-state index contributed by atoms with van der Waals surface area (Å²) >= 11 is 0. The Morgan fingerprint density at radius 1 is 0.933 bits per heavy atom. The van der Waals surface area contributed by atoms with E-state index in [0.29, 0.717) is 37.2 Å². The van der Waals surface area contributed by atoms with Crippen LogP contribution in [0.2, 0.25) is 0 Å². The SMILES string of the molecule is O=c1[nH]c2ccc(S(=O)(=O)N3CCN(Cc4cccc5cccnc45)CC3)cc2[nH]1. The molecule has 30 heavy (non-hydrogen) atoms. The van der Waals surface area contributed by atoms with Gasteiger partial charge in [-0.2, -0.15) is 4.31 Å². The second-order valence-corrected chi connectivity index (χ2v) is 9.40. The third-order valence-electron chi connectivity index (χ3n) is 5.57. The maximum absolute atomic E-state index is 13.1. The molecule has 1 saturated heterocycles. The highest BCUT2D eigenvalue weighted by Gasteiger charge is 2.29. The van der Waals surface area contributed by atoms with E-state index < -0.39 is 10.0 Å². The molecule has 154 valence electrons. The molecule has 0 bridgehead atoms. The Morgan fingerprint density at radius 2 is 1.70 bits per heavy atom. The van der Waals surface area contributed by atoms with Gasteiger partial charge in [0.2, 0.25) is 10.0 Å². The van der Waals surface area contributed by atoms with E-state index in [1.54, 1.807) is 12.3 Å². The number of hydrogen-bond acceptors (Lipinski definition) is 5. The number of rotatable bonds is 4. The molecule has 8 nitrogen and oxygen atoms in total. The van der Waals surface area contributed by atoms with Crippen LogP contribution < -0.4 is 5.69 Å². The second-order valence-electron chi connectivity index (χ2n) is 7.46. The van der Waals surface area contributed by atoms with Crippen LogP contribution in [0.3, 0.4) is 0 Å². The van der Waals surface area contributed by atoms with Gasteiger partial charge in [0.25, 0.3) is 0 Å². The summed E-state index contributed by atoms with van der Waals surface area (Å²) in [5.74, 6) is 0. The summed E-state index contributed by atoms with van der Waals surface area (Å²) in [4.78, 5) is 23.6. The fraction of sp³-hybridized carbons (Fsp3) is 0.238. The summed E-state index contributed by atoms with van der Waals surface area (Å²) < 4.78 is 27.7. The highest BCUT2D eigenvalue weighted by Crippen LogP contribution is 2.22. The van der Waals surface area contributed by atoms with Crippen LogP contribution in [0.4, 0.5) is 0 Å². The first-order valence-electron chi connectivity index (χ1n) is 9.78. The van der Waals surface area contributed by atoms with Crippen molar-refractivity contribution in [2.45, 2.75) is 11.4 Å². The summed E-state index contributed by atoms with van der Waals surface area (Å²) in [5, 5.41) is 1.11. The van der Waals surface area contributed by atoms with Crippen LogP contribution in [0.25, 0.3) is 21.9 Å². The highest BCUT2D eigenvalue weighted by molar-refractivity contribution is 7.89. The summed E-state index contributed by atoms with van der Waals surface area (Å²) in [6, 6.07) is 14.8. The molecular weight excluding hydrogens is 402 g/mol. The van der Waals surface area contributed by atoms with Crippen molar-refractivity contribution in [3.8, 4) is 0 Å². The molecule has 0 unspecified atom stereocenters. The standard InChI is InChI=1S/C21H21N5O3S/c27-21-23-18-7-6-17(13-19(18)24-21)30(28,29)26-11-9-25(10-12-26)14-16-4-1-3-15-5-2-8-22-20(15)16/h1-8,13H,9-12,14H2,(H2,23,24,27). The molecule has 4 aromatic rings. The first kappa shape index (κ1) is 19.0. The van der Waals surface area contributed by atoms with Gasteiger partial charge in [0.1, 0.15) is 0 Å². The van der Waals surface area contributed by atoms with Gasteiger partial charge >= 0.3 is 5.69 Å². The third kappa shape index (κ3) is 3.41. The number of benzene rings is 2. The van der Waals surface area contributed by atoms with Crippen LogP contribution in [0, 0.1) is 0 Å². The van der Waals surface area contributed by atoms with Crippen LogP contribution in [0.15, 0.2) is 64.4 Å². The van der Waals surface area contributed by atoms with Crippen molar-refractivity contribution < 1.29 is 8.42 Å². The van der Waals surface area contributed by atoms with E-state index >= 15 is 0 Å². The largest absolute Gasteiger partial charge is 0.323 e. The van der Waals surface area contributed by atoms with E-state index in [4.69, 9.17) is 0 Å². The van der Waals surface area contributed by atoms with E-state index in [-0.39, 0.29) is 10.6 Å². The van der Waals surface area contributed by atoms with Gasteiger partial charge in [-0.1, -0.05) is 24.3 Å². The van der Waals surface area contributed by atoms with Crippen molar-refractivity contribution in [3.05, 3.63) is 70.8 Å². The topological polar surface area (TPSA) is 102 Å². The molecule has 0 atom stereocenters. The fourth-order valence-corrected chi connectivity index (χ4v) is 5.43. The van der Waals surface area contributed by atoms with Crippen LogP contribution >= 0.6 is 0 Å². The Kier molecular flexibility index (Phi) is 4.65. The van der Waals surface area contributed by atoms with Gasteiger partial charge < -0.3 is 9.97 Å². The zero-order chi connectivity index (χ0) is 20.7. The first-order valence-corrected chi connectivity index (χ1v) is 11.2. The molecule has 0 radical (unpaired) electrons. The van der Waals surface area contributed by atoms with Gasteiger partial charge in [0.05, 0.1) is 21.4 Å². The smallest absolute Gasteiger partial charge is 0.306 e. The Balaban J connectivity index is 1.31. The van der Waals surface area contributed by atoms with E-state index in [2.05, 4.69) is 25.9 Å². The van der Waals surface area contributed by atoms with E-state index in [1.165, 1.54) is 16.4 Å². The predicted molar refractivity (Wildman–Crippen MR) is 115 cm³/mol. The molecule has 2 aromatic carbocycles. The first-order chi connectivity index (χ1) is 14.5. The molecule has 1 fully saturated rings. The molecule has 0 saturated carbocycles. The monoisotopic (exact) mass is 423 g/mol. The average molecular weight is 423 g/mol. The van der Waals surface area contributed by atoms with Crippen molar-refractivity contribution in [1.29, 1.82) is 0 Å². The molecule has 2 N–H and O–H groups in total. The van der Waals surface area contributed by atoms with Gasteiger partial charge in [-0.15, -0.1) is 0 Å². The van der Waals surface area contributed by atoms with Crippen molar-refractivity contribution in [2.24, 2.45) is 0 Å². The zero-order valence-electron chi connectivity index (χ0n) is 16.2. The molecule has 9 heteroatoms. The normalized spacial score (nSPS) is 16.4. The van der Waals surface area contributed by atoms with Crippen molar-refractivity contribution in [2.75, 3.05) is 26.2 Å². The lowest BCUT2D eigenvalue weighted by atomic mass is 10.1. The number of imidazole rings is 1. The minimum atomic E-state index is -3.62. The Morgan fingerprint density at radius 3 is 2.53 bits per heavy atom. The Labute approximate surface area is 173 Å². The summed E-state index contributed by atoms with van der Waals surface area (Å²) in [5.41, 5.74) is 2.86. The van der Waals surface area contributed by atoms with E-state index in [1.807, 2.05) is 24.3 Å². The maximum atomic E-state index is 13.1. The molecule has 1 aliphatic rings. The number of H-pyrrole nitrogens is 2. The van der Waals surface area contributed by atoms with Crippen LogP contribution in [-0.4, -0.2) is 58.8 Å². The minimum absolute atomic E-state index is 0.192. The summed E-state index contributed by atoms with van der Waals surface area (Å²) in [6.45, 7) is 2.86. The van der Waals surface area contributed by atoms with Crippen molar-refractivity contribution in [3.63, 3.8) is 0 Å². The van der Waals surface area contributed by atoms with Crippen LogP contribution in [0.5, 0.6) is 0 Å². The predicted octanol–water partition coefficient (Wildman–Crippen LogP) is 1.91. The van der Waals surface area contributed by atoms with E-state index in [0.717, 1.165) is 23.0 Å². The van der Waals surface area contributed by atoms with Gasteiger partial charge in [0, 0.05) is 44.3 Å². The molecule has 0 aliphatic carbocycles. The van der Waals surface area contributed by atoms with Crippen molar-refractivity contribution in [1.82, 2.24) is 24.2 Å². The molecular formula is C21H21N5O3S. The number of piperazine rings is 1. The number of nitrogens with zero attached hydrogens (tertiary/aromatic N) is 3. The second kappa shape index (κ2) is 7.35. The third-order valence-corrected chi connectivity index (χ3v) is 7.46. The molecule has 3 heterocycles. The summed E-state index contributed by atoms with van der Waals surface area (Å²) in [7, 11) is -3.62. The van der Waals surface area contributed by atoms with Gasteiger partial charge in [-0.3, -0.25) is 9.88 Å². The Bertz CT molecular complexity index is 1380. The number of fused-ring (bicyclic) bond motifs is 2. The van der Waals surface area contributed by atoms with E-state index in [9.17, 15) is 13.2 Å². The molecule has 2 aromatic heterocycles. The van der Waals surface area contributed by atoms with Gasteiger partial charge in [-0.25, -0.2) is 13.2 Å². The average Bonchev–Trinajstić information content (AvgIpc) is 3.14. The quantitative estimate of drug-likeness (QED) is 0.522. The van der Waals surface area contributed by atoms with Crippen LogP contribution in [0.1, 0.15) is 5.56 Å². The molecule has 0 amide bonds. The molecule has 0 spiro atoms. The fourth-order valence-electron chi connectivity index (χ4n) is 3.99. The number of hydrogen-bond donors (Lipinski definition) is 2. The van der Waals surface area contributed by atoms with Crippen LogP contribution in [-0.2, 0) is 16.6 Å². The Hall–Kier alpha value is -3.01. The van der Waals surface area contributed by atoms with Gasteiger partial charge in [0.15, 0.2) is 0 Å². The number of aromatic amines is 2. The number of nitrogens with one attached hydrogen (secondary N) is 2. The number of sulfonamides is 1. The zero-order valence-corrected chi connectivity index (χ0v) is 17.0. The van der Waals surface area contributed by atoms with Gasteiger partial charge in [-0.05, 0) is 29.8 Å². The summed E-state index contributed by atoms with van der Waals surface area (Å²) in [6.07, 6.45) is 1.80. The van der Waals surface area contributed by atoms with Crippen molar-refractivity contribution >= 4 is 32.0 Å². The number of pyridine rings is 1. The molecule has 1 aliphatic heterocycles. The minimum Gasteiger partial charge on any atom is -0.306 e. The lowest BCUT2D eigenvalue weighted by Gasteiger charge is -2.34. The number of aromatic nitrogens is 3. The highest BCUT2D eigenvalue weighted by atomic mass is 32.2. The number of para-hydroxylation sites is 1. The lowest BCUT2D eigenvalue weighted by Crippen LogP contribution is -2.48. The lowest BCUT2D eigenvalue weighted by molar-refractivity contribution is 0.182. The maximum Gasteiger partial charge on any atom is 0.323 e. The molecule has 5 rings (SSSR count).